The Morgan fingerprint density at radius 3 is 2.81 bits per heavy atom. The summed E-state index contributed by atoms with van der Waals surface area (Å²) >= 11 is 5.33. The summed E-state index contributed by atoms with van der Waals surface area (Å²) in [7, 11) is 0. The van der Waals surface area contributed by atoms with Crippen LogP contribution in [-0.4, -0.2) is 5.11 Å². The number of hydrogen-bond donors (Lipinski definition) is 3. The summed E-state index contributed by atoms with van der Waals surface area (Å²) in [5, 5.41) is 10.3. The van der Waals surface area contributed by atoms with E-state index in [1.165, 1.54) is 11.1 Å². The molecule has 1 aliphatic heterocycles. The lowest BCUT2D eigenvalue weighted by molar-refractivity contribution is 0.926. The normalized spacial score (nSPS) is 12.5. The molecule has 0 atom stereocenters. The van der Waals surface area contributed by atoms with E-state index in [4.69, 9.17) is 12.2 Å². The van der Waals surface area contributed by atoms with Gasteiger partial charge in [-0.1, -0.05) is 36.9 Å². The second-order valence-corrected chi connectivity index (χ2v) is 5.48. The molecule has 0 amide bonds. The minimum Gasteiger partial charge on any atom is -0.359 e. The van der Waals surface area contributed by atoms with Crippen molar-refractivity contribution in [3.8, 4) is 0 Å². The van der Waals surface area contributed by atoms with Crippen molar-refractivity contribution in [2.45, 2.75) is 13.0 Å². The van der Waals surface area contributed by atoms with E-state index in [-0.39, 0.29) is 0 Å². The van der Waals surface area contributed by atoms with E-state index < -0.39 is 0 Å². The van der Waals surface area contributed by atoms with Crippen molar-refractivity contribution in [3.63, 3.8) is 0 Å². The van der Waals surface area contributed by atoms with Crippen molar-refractivity contribution in [2.24, 2.45) is 0 Å². The first-order valence-corrected chi connectivity index (χ1v) is 7.28. The Hall–Kier alpha value is -2.33. The third kappa shape index (κ3) is 3.41. The van der Waals surface area contributed by atoms with Gasteiger partial charge in [-0.2, -0.15) is 0 Å². The maximum atomic E-state index is 5.33. The molecule has 0 unspecified atom stereocenters. The summed E-state index contributed by atoms with van der Waals surface area (Å²) in [4.78, 5) is 0. The standard InChI is InChI=1S/C17H17N3S/c1-12-9-14-10-15(7-8-16(14)19-12)20-17(21)18-11-13-5-3-2-4-6-13/h2-8,10,19H,1,9,11H2,(H2,18,20,21). The van der Waals surface area contributed by atoms with Crippen molar-refractivity contribution in [1.82, 2.24) is 5.32 Å². The van der Waals surface area contributed by atoms with Gasteiger partial charge >= 0.3 is 0 Å². The van der Waals surface area contributed by atoms with E-state index in [0.717, 1.165) is 30.0 Å². The highest BCUT2D eigenvalue weighted by Crippen LogP contribution is 2.29. The van der Waals surface area contributed by atoms with E-state index in [1.807, 2.05) is 24.3 Å². The van der Waals surface area contributed by atoms with Crippen LogP contribution in [0.25, 0.3) is 0 Å². The van der Waals surface area contributed by atoms with E-state index >= 15 is 0 Å². The molecule has 2 aromatic carbocycles. The molecule has 0 saturated carbocycles. The molecule has 0 radical (unpaired) electrons. The molecule has 1 heterocycles. The first-order valence-electron chi connectivity index (χ1n) is 6.87. The number of fused-ring (bicyclic) bond motifs is 1. The Morgan fingerprint density at radius 2 is 2.00 bits per heavy atom. The zero-order valence-electron chi connectivity index (χ0n) is 11.6. The molecule has 0 aliphatic carbocycles. The smallest absolute Gasteiger partial charge is 0.171 e. The molecule has 3 nitrogen and oxygen atoms in total. The summed E-state index contributed by atoms with van der Waals surface area (Å²) in [5.74, 6) is 0. The summed E-state index contributed by atoms with van der Waals surface area (Å²) in [6.45, 7) is 4.67. The predicted molar refractivity (Wildman–Crippen MR) is 92.4 cm³/mol. The van der Waals surface area contributed by atoms with E-state index in [9.17, 15) is 0 Å². The third-order valence-electron chi connectivity index (χ3n) is 3.37. The van der Waals surface area contributed by atoms with E-state index in [1.54, 1.807) is 0 Å². The van der Waals surface area contributed by atoms with Crippen molar-refractivity contribution < 1.29 is 0 Å². The fraction of sp³-hybridized carbons (Fsp3) is 0.118. The SMILES string of the molecule is C=C1Cc2cc(NC(=S)NCc3ccccc3)ccc2N1. The van der Waals surface area contributed by atoms with Crippen LogP contribution in [0.5, 0.6) is 0 Å². The van der Waals surface area contributed by atoms with Gasteiger partial charge < -0.3 is 16.0 Å². The Balaban J connectivity index is 1.58. The zero-order valence-corrected chi connectivity index (χ0v) is 12.5. The summed E-state index contributed by atoms with van der Waals surface area (Å²) in [6, 6.07) is 16.4. The Kier molecular flexibility index (Phi) is 3.88. The lowest BCUT2D eigenvalue weighted by Gasteiger charge is -2.11. The van der Waals surface area contributed by atoms with Gasteiger partial charge in [0, 0.05) is 30.0 Å². The fourth-order valence-corrected chi connectivity index (χ4v) is 2.55. The van der Waals surface area contributed by atoms with Gasteiger partial charge in [0.2, 0.25) is 0 Å². The number of benzene rings is 2. The van der Waals surface area contributed by atoms with Crippen LogP contribution in [0.3, 0.4) is 0 Å². The molecule has 0 aromatic heterocycles. The minimum atomic E-state index is 0.628. The van der Waals surface area contributed by atoms with Crippen LogP contribution in [-0.2, 0) is 13.0 Å². The second-order valence-electron chi connectivity index (χ2n) is 5.07. The number of allylic oxidation sites excluding steroid dienone is 1. The van der Waals surface area contributed by atoms with Crippen molar-refractivity contribution in [2.75, 3.05) is 10.6 Å². The largest absolute Gasteiger partial charge is 0.359 e. The molecule has 0 bridgehead atoms. The number of anilines is 2. The minimum absolute atomic E-state index is 0.628. The quantitative estimate of drug-likeness (QED) is 0.755. The van der Waals surface area contributed by atoms with Gasteiger partial charge in [-0.05, 0) is 41.5 Å². The molecule has 1 aliphatic rings. The highest BCUT2D eigenvalue weighted by atomic mass is 32.1. The van der Waals surface area contributed by atoms with Gasteiger partial charge in [0.1, 0.15) is 0 Å². The van der Waals surface area contributed by atoms with E-state index in [0.29, 0.717) is 5.11 Å². The van der Waals surface area contributed by atoms with Crippen LogP contribution >= 0.6 is 12.2 Å². The number of rotatable bonds is 3. The monoisotopic (exact) mass is 295 g/mol. The molecular formula is C17H17N3S. The molecule has 2 aromatic rings. The molecular weight excluding hydrogens is 278 g/mol. The van der Waals surface area contributed by atoms with E-state index in [2.05, 4.69) is 46.8 Å². The highest BCUT2D eigenvalue weighted by Gasteiger charge is 2.13. The van der Waals surface area contributed by atoms with Crippen LogP contribution < -0.4 is 16.0 Å². The average molecular weight is 295 g/mol. The van der Waals surface area contributed by atoms with Crippen LogP contribution in [0.15, 0.2) is 60.8 Å². The zero-order chi connectivity index (χ0) is 14.7. The van der Waals surface area contributed by atoms with Gasteiger partial charge in [-0.15, -0.1) is 0 Å². The lowest BCUT2D eigenvalue weighted by Crippen LogP contribution is -2.27. The van der Waals surface area contributed by atoms with Gasteiger partial charge in [-0.25, -0.2) is 0 Å². The first kappa shape index (κ1) is 13.6. The van der Waals surface area contributed by atoms with Crippen LogP contribution in [0.4, 0.5) is 11.4 Å². The molecule has 0 fully saturated rings. The summed E-state index contributed by atoms with van der Waals surface area (Å²) in [5.41, 5.74) is 5.61. The molecule has 4 heteroatoms. The van der Waals surface area contributed by atoms with Crippen LogP contribution in [0.1, 0.15) is 11.1 Å². The van der Waals surface area contributed by atoms with Crippen LogP contribution in [0, 0.1) is 0 Å². The first-order chi connectivity index (χ1) is 10.2. The lowest BCUT2D eigenvalue weighted by atomic mass is 10.1. The van der Waals surface area contributed by atoms with Crippen molar-refractivity contribution in [3.05, 3.63) is 71.9 Å². The average Bonchev–Trinajstić information content (AvgIpc) is 2.85. The molecule has 3 rings (SSSR count). The van der Waals surface area contributed by atoms with Gasteiger partial charge in [0.05, 0.1) is 0 Å². The molecule has 0 spiro atoms. The van der Waals surface area contributed by atoms with Crippen LogP contribution in [0.2, 0.25) is 0 Å². The molecule has 0 saturated heterocycles. The van der Waals surface area contributed by atoms with Crippen molar-refractivity contribution >= 4 is 28.7 Å². The fourth-order valence-electron chi connectivity index (χ4n) is 2.36. The Morgan fingerprint density at radius 1 is 1.19 bits per heavy atom. The number of thiocarbonyl (C=S) groups is 1. The number of hydrogen-bond acceptors (Lipinski definition) is 2. The third-order valence-corrected chi connectivity index (χ3v) is 3.62. The van der Waals surface area contributed by atoms with Gasteiger partial charge in [0.15, 0.2) is 5.11 Å². The molecule has 106 valence electrons. The topological polar surface area (TPSA) is 36.1 Å². The summed E-state index contributed by atoms with van der Waals surface area (Å²) < 4.78 is 0. The number of nitrogens with one attached hydrogen (secondary N) is 3. The predicted octanol–water partition coefficient (Wildman–Crippen LogP) is 3.65. The van der Waals surface area contributed by atoms with Crippen molar-refractivity contribution in [1.29, 1.82) is 0 Å². The highest BCUT2D eigenvalue weighted by molar-refractivity contribution is 7.80. The maximum absolute atomic E-state index is 5.33. The van der Waals surface area contributed by atoms with Gasteiger partial charge in [-0.3, -0.25) is 0 Å². The maximum Gasteiger partial charge on any atom is 0.171 e. The second kappa shape index (κ2) is 5.97. The Labute approximate surface area is 130 Å². The molecule has 3 N–H and O–H groups in total. The summed E-state index contributed by atoms with van der Waals surface area (Å²) in [6.07, 6.45) is 0.870. The Bertz CT molecular complexity index is 680. The molecule has 21 heavy (non-hydrogen) atoms. The van der Waals surface area contributed by atoms with Gasteiger partial charge in [0.25, 0.3) is 0 Å².